The summed E-state index contributed by atoms with van der Waals surface area (Å²) in [6, 6.07) is 14.3. The third-order valence-corrected chi connectivity index (χ3v) is 4.17. The van der Waals surface area contributed by atoms with E-state index in [9.17, 15) is 0 Å². The highest BCUT2D eigenvalue weighted by Crippen LogP contribution is 2.31. The molecule has 0 saturated heterocycles. The molecule has 126 valence electrons. The lowest BCUT2D eigenvalue weighted by atomic mass is 10.1. The van der Waals surface area contributed by atoms with Crippen molar-refractivity contribution in [3.63, 3.8) is 0 Å². The van der Waals surface area contributed by atoms with Gasteiger partial charge in [0, 0.05) is 26.9 Å². The van der Waals surface area contributed by atoms with Crippen molar-refractivity contribution < 1.29 is 4.74 Å². The third-order valence-electron chi connectivity index (χ3n) is 3.68. The molecule has 0 bridgehead atoms. The Hall–Kier alpha value is -1.78. The predicted octanol–water partition coefficient (Wildman–Crippen LogP) is 6.18. The van der Waals surface area contributed by atoms with Gasteiger partial charge in [-0.1, -0.05) is 15.9 Å². The van der Waals surface area contributed by atoms with Crippen molar-refractivity contribution in [1.82, 2.24) is 4.98 Å². The Balaban J connectivity index is 0.00000208. The number of nitrogens with one attached hydrogen (secondary N) is 1. The normalized spacial score (nSPS) is 10.3. The maximum atomic E-state index is 5.63. The molecule has 0 radical (unpaired) electrons. The van der Waals surface area contributed by atoms with Crippen LogP contribution in [0.5, 0.6) is 5.75 Å². The van der Waals surface area contributed by atoms with Gasteiger partial charge in [0.1, 0.15) is 5.75 Å². The van der Waals surface area contributed by atoms with Crippen LogP contribution in [-0.2, 0) is 0 Å². The van der Waals surface area contributed by atoms with Crippen molar-refractivity contribution in [3.05, 3.63) is 58.2 Å². The third kappa shape index (κ3) is 4.00. The molecule has 0 aliphatic heterocycles. The van der Waals surface area contributed by atoms with E-state index < -0.39 is 0 Å². The zero-order valence-electron chi connectivity index (χ0n) is 13.9. The summed E-state index contributed by atoms with van der Waals surface area (Å²) in [6.07, 6.45) is 0. The van der Waals surface area contributed by atoms with Crippen molar-refractivity contribution in [1.29, 1.82) is 0 Å². The van der Waals surface area contributed by atoms with Gasteiger partial charge in [-0.25, -0.2) is 0 Å². The first-order valence-electron chi connectivity index (χ1n) is 7.64. The molecule has 0 atom stereocenters. The molecule has 1 N–H and O–H groups in total. The Morgan fingerprint density at radius 3 is 2.54 bits per heavy atom. The molecule has 3 rings (SSSR count). The Bertz CT molecular complexity index is 867. The predicted molar refractivity (Wildman–Crippen MR) is 107 cm³/mol. The Morgan fingerprint density at radius 1 is 1.04 bits per heavy atom. The molecule has 1 aromatic heterocycles. The number of anilines is 2. The van der Waals surface area contributed by atoms with E-state index in [0.717, 1.165) is 38.2 Å². The van der Waals surface area contributed by atoms with Gasteiger partial charge in [0.2, 0.25) is 0 Å². The summed E-state index contributed by atoms with van der Waals surface area (Å²) in [5, 5.41) is 4.60. The number of hydrogen-bond acceptors (Lipinski definition) is 3. The number of ether oxygens (including phenoxy) is 1. The van der Waals surface area contributed by atoms with E-state index in [0.29, 0.717) is 6.61 Å². The van der Waals surface area contributed by atoms with Crippen molar-refractivity contribution in [2.75, 3.05) is 11.9 Å². The second-order valence-corrected chi connectivity index (χ2v) is 6.42. The number of benzene rings is 2. The molecule has 0 aliphatic rings. The molecule has 0 saturated carbocycles. The van der Waals surface area contributed by atoms with Gasteiger partial charge in [-0.15, -0.1) is 12.4 Å². The van der Waals surface area contributed by atoms with Crippen molar-refractivity contribution in [2.24, 2.45) is 0 Å². The molecule has 0 spiro atoms. The van der Waals surface area contributed by atoms with Crippen LogP contribution in [0.2, 0.25) is 0 Å². The molecule has 1 heterocycles. The first-order valence-corrected chi connectivity index (χ1v) is 8.43. The lowest BCUT2D eigenvalue weighted by molar-refractivity contribution is 0.340. The topological polar surface area (TPSA) is 34.1 Å². The lowest BCUT2D eigenvalue weighted by Gasteiger charge is -2.14. The molecule has 0 aliphatic carbocycles. The van der Waals surface area contributed by atoms with Crippen LogP contribution in [-0.4, -0.2) is 11.6 Å². The van der Waals surface area contributed by atoms with Gasteiger partial charge >= 0.3 is 0 Å². The minimum atomic E-state index is 0. The second-order valence-electron chi connectivity index (χ2n) is 5.51. The lowest BCUT2D eigenvalue weighted by Crippen LogP contribution is -1.98. The van der Waals surface area contributed by atoms with Crippen LogP contribution >= 0.6 is 28.3 Å². The highest BCUT2D eigenvalue weighted by Gasteiger charge is 2.08. The molecule has 0 unspecified atom stereocenters. The van der Waals surface area contributed by atoms with Gasteiger partial charge in [-0.3, -0.25) is 4.98 Å². The quantitative estimate of drug-likeness (QED) is 0.561. The number of fused-ring (bicyclic) bond motifs is 1. The molecule has 2 aromatic carbocycles. The van der Waals surface area contributed by atoms with E-state index in [4.69, 9.17) is 4.74 Å². The number of hydrogen-bond donors (Lipinski definition) is 1. The molecular formula is C19H20BrClN2O. The first kappa shape index (κ1) is 18.6. The molecular weight excluding hydrogens is 388 g/mol. The van der Waals surface area contributed by atoms with Gasteiger partial charge in [0.25, 0.3) is 0 Å². The zero-order chi connectivity index (χ0) is 16.4. The fourth-order valence-corrected chi connectivity index (χ4v) is 3.09. The van der Waals surface area contributed by atoms with Gasteiger partial charge < -0.3 is 10.1 Å². The maximum absolute atomic E-state index is 5.63. The van der Waals surface area contributed by atoms with Gasteiger partial charge in [0.05, 0.1) is 12.1 Å². The smallest absolute Gasteiger partial charge is 0.120 e. The summed E-state index contributed by atoms with van der Waals surface area (Å²) in [7, 11) is 0. The van der Waals surface area contributed by atoms with Crippen LogP contribution in [0, 0.1) is 13.8 Å². The van der Waals surface area contributed by atoms with Crippen molar-refractivity contribution in [3.8, 4) is 5.75 Å². The summed E-state index contributed by atoms with van der Waals surface area (Å²) in [4.78, 5) is 4.61. The Morgan fingerprint density at radius 2 is 1.83 bits per heavy atom. The maximum Gasteiger partial charge on any atom is 0.120 e. The van der Waals surface area contributed by atoms with Crippen LogP contribution in [0.15, 0.2) is 46.9 Å². The van der Waals surface area contributed by atoms with Crippen molar-refractivity contribution in [2.45, 2.75) is 20.8 Å². The fourth-order valence-electron chi connectivity index (χ4n) is 2.61. The average Bonchev–Trinajstić information content (AvgIpc) is 2.51. The molecule has 0 amide bonds. The van der Waals surface area contributed by atoms with Crippen LogP contribution < -0.4 is 10.1 Å². The molecule has 5 heteroatoms. The monoisotopic (exact) mass is 406 g/mol. The second kappa shape index (κ2) is 7.86. The number of pyridine rings is 1. The van der Waals surface area contributed by atoms with Gasteiger partial charge in [-0.2, -0.15) is 0 Å². The van der Waals surface area contributed by atoms with E-state index in [2.05, 4.69) is 51.4 Å². The van der Waals surface area contributed by atoms with E-state index in [1.165, 1.54) is 5.56 Å². The summed E-state index contributed by atoms with van der Waals surface area (Å²) < 4.78 is 6.71. The number of nitrogens with zero attached hydrogens (tertiary/aromatic N) is 1. The van der Waals surface area contributed by atoms with Gasteiger partial charge in [0.15, 0.2) is 0 Å². The van der Waals surface area contributed by atoms with E-state index in [1.54, 1.807) is 0 Å². The first-order chi connectivity index (χ1) is 11.1. The Labute approximate surface area is 157 Å². The minimum absolute atomic E-state index is 0. The summed E-state index contributed by atoms with van der Waals surface area (Å²) in [6.45, 7) is 6.74. The van der Waals surface area contributed by atoms with Gasteiger partial charge in [-0.05, 0) is 68.8 Å². The molecule has 24 heavy (non-hydrogen) atoms. The highest BCUT2D eigenvalue weighted by atomic mass is 79.9. The van der Waals surface area contributed by atoms with Crippen molar-refractivity contribution >= 4 is 50.6 Å². The molecule has 3 nitrogen and oxygen atoms in total. The van der Waals surface area contributed by atoms with Crippen LogP contribution in [0.4, 0.5) is 11.4 Å². The minimum Gasteiger partial charge on any atom is -0.494 e. The standard InChI is InChI=1S/C19H19BrN2O.ClH/c1-4-23-15-6-8-18-16(11-15)19(10-13(3)21-18)22-17-7-5-14(20)9-12(17)2;/h5-11H,4H2,1-3H3,(H,21,22);1H. The van der Waals surface area contributed by atoms with E-state index in [-0.39, 0.29) is 12.4 Å². The van der Waals surface area contributed by atoms with Crippen LogP contribution in [0.3, 0.4) is 0 Å². The average molecular weight is 408 g/mol. The largest absolute Gasteiger partial charge is 0.494 e. The fraction of sp³-hybridized carbons (Fsp3) is 0.211. The number of halogens is 2. The summed E-state index contributed by atoms with van der Waals surface area (Å²) in [5.74, 6) is 0.862. The highest BCUT2D eigenvalue weighted by molar-refractivity contribution is 9.10. The number of aromatic nitrogens is 1. The number of aryl methyl sites for hydroxylation is 2. The van der Waals surface area contributed by atoms with Crippen LogP contribution in [0.1, 0.15) is 18.2 Å². The summed E-state index contributed by atoms with van der Waals surface area (Å²) >= 11 is 3.51. The zero-order valence-corrected chi connectivity index (χ0v) is 16.3. The summed E-state index contributed by atoms with van der Waals surface area (Å²) in [5.41, 5.74) is 5.26. The Kier molecular flexibility index (Phi) is 6.08. The van der Waals surface area contributed by atoms with E-state index in [1.807, 2.05) is 38.1 Å². The van der Waals surface area contributed by atoms with Crippen LogP contribution in [0.25, 0.3) is 10.9 Å². The SMILES string of the molecule is CCOc1ccc2nc(C)cc(Nc3ccc(Br)cc3C)c2c1.Cl. The number of rotatable bonds is 4. The molecule has 3 aromatic rings. The molecule has 0 fully saturated rings. The van der Waals surface area contributed by atoms with E-state index >= 15 is 0 Å².